The van der Waals surface area contributed by atoms with E-state index in [0.717, 1.165) is 47.8 Å². The van der Waals surface area contributed by atoms with Gasteiger partial charge in [0.2, 0.25) is 0 Å². The number of alkyl halides is 1. The van der Waals surface area contributed by atoms with Crippen LogP contribution in [0.1, 0.15) is 17.2 Å². The van der Waals surface area contributed by atoms with Crippen molar-refractivity contribution >= 4 is 34.1 Å². The summed E-state index contributed by atoms with van der Waals surface area (Å²) in [6.45, 7) is 2.83. The van der Waals surface area contributed by atoms with Gasteiger partial charge in [0.25, 0.3) is 0 Å². The van der Waals surface area contributed by atoms with E-state index in [4.69, 9.17) is 11.6 Å². The zero-order chi connectivity index (χ0) is 13.9. The van der Waals surface area contributed by atoms with Crippen LogP contribution in [0.4, 0.5) is 0 Å². The molecule has 104 valence electrons. The van der Waals surface area contributed by atoms with E-state index >= 15 is 0 Å². The van der Waals surface area contributed by atoms with Crippen LogP contribution in [0.5, 0.6) is 0 Å². The van der Waals surface area contributed by atoms with Gasteiger partial charge in [-0.15, -0.1) is 22.9 Å². The lowest BCUT2D eigenvalue weighted by Gasteiger charge is -2.07. The lowest BCUT2D eigenvalue weighted by molar-refractivity contribution is 0.663. The molecule has 0 atom stereocenters. The monoisotopic (exact) mass is 306 g/mol. The van der Waals surface area contributed by atoms with Crippen LogP contribution in [-0.2, 0) is 19.4 Å². The van der Waals surface area contributed by atoms with Gasteiger partial charge in [0.1, 0.15) is 11.3 Å². The maximum Gasteiger partial charge on any atom is 0.160 e. The quantitative estimate of drug-likeness (QED) is 0.680. The van der Waals surface area contributed by atoms with Gasteiger partial charge in [-0.25, -0.2) is 15.0 Å². The Morgan fingerprint density at radius 1 is 1.25 bits per heavy atom. The summed E-state index contributed by atoms with van der Waals surface area (Å²) in [5.74, 6) is 1.57. The molecule has 3 rings (SSSR count). The fourth-order valence-corrected chi connectivity index (χ4v) is 3.00. The van der Waals surface area contributed by atoms with E-state index in [1.54, 1.807) is 11.3 Å². The third kappa shape index (κ3) is 2.69. The van der Waals surface area contributed by atoms with Crippen molar-refractivity contribution in [3.8, 4) is 0 Å². The average Bonchev–Trinajstić information content (AvgIpc) is 3.04. The standard InChI is InChI=1S/C14H15ClN4S/c1-10-2-3-12-14(17-10)19(13(18-12)4-6-15)7-5-11-8-20-9-16-11/h2-3,8-9H,4-7H2,1H3. The summed E-state index contributed by atoms with van der Waals surface area (Å²) in [6, 6.07) is 4.01. The first kappa shape index (κ1) is 13.5. The molecule has 0 spiro atoms. The number of nitrogens with zero attached hydrogens (tertiary/aromatic N) is 4. The Balaban J connectivity index is 1.96. The number of halogens is 1. The van der Waals surface area contributed by atoms with Gasteiger partial charge in [0.05, 0.1) is 11.2 Å². The molecule has 0 N–H and O–H groups in total. The van der Waals surface area contributed by atoms with Crippen LogP contribution in [0.2, 0.25) is 0 Å². The van der Waals surface area contributed by atoms with Crippen molar-refractivity contribution in [2.24, 2.45) is 0 Å². The normalized spacial score (nSPS) is 11.3. The van der Waals surface area contributed by atoms with E-state index in [0.29, 0.717) is 5.88 Å². The Morgan fingerprint density at radius 3 is 2.90 bits per heavy atom. The summed E-state index contributed by atoms with van der Waals surface area (Å²) in [6.07, 6.45) is 1.65. The first-order valence-electron chi connectivity index (χ1n) is 6.53. The summed E-state index contributed by atoms with van der Waals surface area (Å²) < 4.78 is 2.17. The van der Waals surface area contributed by atoms with Crippen molar-refractivity contribution < 1.29 is 0 Å². The van der Waals surface area contributed by atoms with Crippen LogP contribution >= 0.6 is 22.9 Å². The number of hydrogen-bond donors (Lipinski definition) is 0. The summed E-state index contributed by atoms with van der Waals surface area (Å²) >= 11 is 7.51. The van der Waals surface area contributed by atoms with Crippen molar-refractivity contribution in [3.63, 3.8) is 0 Å². The molecule has 0 saturated carbocycles. The zero-order valence-corrected chi connectivity index (χ0v) is 12.8. The number of pyridine rings is 1. The molecule has 0 radical (unpaired) electrons. The smallest absolute Gasteiger partial charge is 0.160 e. The van der Waals surface area contributed by atoms with Gasteiger partial charge in [0.15, 0.2) is 5.65 Å². The second kappa shape index (κ2) is 5.89. The minimum Gasteiger partial charge on any atom is -0.312 e. The van der Waals surface area contributed by atoms with E-state index in [9.17, 15) is 0 Å². The van der Waals surface area contributed by atoms with Gasteiger partial charge >= 0.3 is 0 Å². The highest BCUT2D eigenvalue weighted by Crippen LogP contribution is 2.17. The first-order chi connectivity index (χ1) is 9.78. The van der Waals surface area contributed by atoms with Crippen LogP contribution < -0.4 is 0 Å². The Kier molecular flexibility index (Phi) is 3.98. The largest absolute Gasteiger partial charge is 0.312 e. The molecule has 0 fully saturated rings. The highest BCUT2D eigenvalue weighted by Gasteiger charge is 2.12. The lowest BCUT2D eigenvalue weighted by atomic mass is 10.3. The molecule has 3 heterocycles. The highest BCUT2D eigenvalue weighted by atomic mass is 35.5. The number of fused-ring (bicyclic) bond motifs is 1. The topological polar surface area (TPSA) is 43.6 Å². The third-order valence-electron chi connectivity index (χ3n) is 3.20. The van der Waals surface area contributed by atoms with E-state index in [2.05, 4.69) is 24.9 Å². The van der Waals surface area contributed by atoms with Crippen molar-refractivity contribution in [1.82, 2.24) is 19.5 Å². The van der Waals surface area contributed by atoms with Gasteiger partial charge in [0, 0.05) is 36.3 Å². The fraction of sp³-hybridized carbons (Fsp3) is 0.357. The molecule has 0 saturated heterocycles. The number of imidazole rings is 1. The Morgan fingerprint density at radius 2 is 2.15 bits per heavy atom. The third-order valence-corrected chi connectivity index (χ3v) is 4.03. The SMILES string of the molecule is Cc1ccc2nc(CCCl)n(CCc3cscn3)c2n1. The van der Waals surface area contributed by atoms with E-state index in [1.807, 2.05) is 24.6 Å². The highest BCUT2D eigenvalue weighted by molar-refractivity contribution is 7.07. The predicted molar refractivity (Wildman–Crippen MR) is 82.5 cm³/mol. The Bertz CT molecular complexity index is 705. The molecule has 0 aliphatic carbocycles. The summed E-state index contributed by atoms with van der Waals surface area (Å²) in [5.41, 5.74) is 5.86. The van der Waals surface area contributed by atoms with Crippen molar-refractivity contribution in [2.75, 3.05) is 5.88 Å². The fourth-order valence-electron chi connectivity index (χ4n) is 2.24. The average molecular weight is 307 g/mol. The summed E-state index contributed by atoms with van der Waals surface area (Å²) in [5, 5.41) is 2.08. The molecule has 3 aromatic rings. The van der Waals surface area contributed by atoms with E-state index in [-0.39, 0.29) is 0 Å². The maximum absolute atomic E-state index is 5.88. The molecule has 0 aliphatic heterocycles. The van der Waals surface area contributed by atoms with Crippen LogP contribution in [-0.4, -0.2) is 25.4 Å². The van der Waals surface area contributed by atoms with Crippen molar-refractivity contribution in [2.45, 2.75) is 26.3 Å². The molecule has 4 nitrogen and oxygen atoms in total. The maximum atomic E-state index is 5.88. The van der Waals surface area contributed by atoms with Crippen LogP contribution in [0.25, 0.3) is 11.2 Å². The zero-order valence-electron chi connectivity index (χ0n) is 11.2. The minimum atomic E-state index is 0.568. The minimum absolute atomic E-state index is 0.568. The molecule has 6 heteroatoms. The number of aryl methyl sites for hydroxylation is 4. The van der Waals surface area contributed by atoms with Gasteiger partial charge in [-0.05, 0) is 19.1 Å². The number of aromatic nitrogens is 4. The molecule has 0 amide bonds. The molecule has 0 aromatic carbocycles. The Hall–Kier alpha value is -1.46. The second-order valence-electron chi connectivity index (χ2n) is 4.64. The number of hydrogen-bond acceptors (Lipinski definition) is 4. The van der Waals surface area contributed by atoms with Crippen LogP contribution in [0.15, 0.2) is 23.0 Å². The molecular weight excluding hydrogens is 292 g/mol. The van der Waals surface area contributed by atoms with Gasteiger partial charge in [-0.1, -0.05) is 0 Å². The molecule has 0 aliphatic rings. The molecule has 0 unspecified atom stereocenters. The first-order valence-corrected chi connectivity index (χ1v) is 8.01. The van der Waals surface area contributed by atoms with E-state index < -0.39 is 0 Å². The van der Waals surface area contributed by atoms with E-state index in [1.165, 1.54) is 0 Å². The molecule has 20 heavy (non-hydrogen) atoms. The van der Waals surface area contributed by atoms with Crippen molar-refractivity contribution in [3.05, 3.63) is 40.2 Å². The predicted octanol–water partition coefficient (Wildman–Crippen LogP) is 3.22. The van der Waals surface area contributed by atoms with Crippen molar-refractivity contribution in [1.29, 1.82) is 0 Å². The van der Waals surface area contributed by atoms with Crippen LogP contribution in [0, 0.1) is 6.92 Å². The molecule has 3 aromatic heterocycles. The lowest BCUT2D eigenvalue weighted by Crippen LogP contribution is -2.08. The summed E-state index contributed by atoms with van der Waals surface area (Å²) in [7, 11) is 0. The molecular formula is C14H15ClN4S. The van der Waals surface area contributed by atoms with Gasteiger partial charge < -0.3 is 4.57 Å². The number of rotatable bonds is 5. The number of thiazole rings is 1. The van der Waals surface area contributed by atoms with Crippen LogP contribution in [0.3, 0.4) is 0 Å². The van der Waals surface area contributed by atoms with Gasteiger partial charge in [-0.2, -0.15) is 0 Å². The second-order valence-corrected chi connectivity index (χ2v) is 5.74. The summed E-state index contributed by atoms with van der Waals surface area (Å²) in [4.78, 5) is 13.6. The molecule has 0 bridgehead atoms. The van der Waals surface area contributed by atoms with Gasteiger partial charge in [-0.3, -0.25) is 0 Å². The Labute approximate surface area is 126 Å².